The van der Waals surface area contributed by atoms with Gasteiger partial charge in [0, 0.05) is 43.0 Å². The number of aryl methyl sites for hydroxylation is 1. The van der Waals surface area contributed by atoms with E-state index in [0.717, 1.165) is 35.3 Å². The molecule has 0 unspecified atom stereocenters. The van der Waals surface area contributed by atoms with E-state index in [1.165, 1.54) is 0 Å². The van der Waals surface area contributed by atoms with E-state index in [1.54, 1.807) is 11.3 Å². The second kappa shape index (κ2) is 6.76. The molecule has 6 heteroatoms. The van der Waals surface area contributed by atoms with Gasteiger partial charge in [-0.3, -0.25) is 0 Å². The Kier molecular flexibility index (Phi) is 5.03. The highest BCUT2D eigenvalue weighted by atomic mass is 32.1. The van der Waals surface area contributed by atoms with E-state index < -0.39 is 0 Å². The van der Waals surface area contributed by atoms with Crippen LogP contribution in [0.3, 0.4) is 0 Å². The first-order chi connectivity index (χ1) is 9.54. The molecule has 0 aliphatic carbocycles. The van der Waals surface area contributed by atoms with Gasteiger partial charge in [0.05, 0.1) is 17.2 Å². The number of nitrogens with zero attached hydrogens (tertiary/aromatic N) is 4. The average Bonchev–Trinajstić information content (AvgIpc) is 2.82. The van der Waals surface area contributed by atoms with E-state index in [2.05, 4.69) is 39.5 Å². The summed E-state index contributed by atoms with van der Waals surface area (Å²) >= 11 is 1.67. The molecular weight excluding hydrogens is 270 g/mol. The van der Waals surface area contributed by atoms with E-state index in [-0.39, 0.29) is 0 Å². The lowest BCUT2D eigenvalue weighted by Gasteiger charge is -2.16. The Morgan fingerprint density at radius 2 is 2.00 bits per heavy atom. The Labute approximate surface area is 124 Å². The molecule has 0 fully saturated rings. The fourth-order valence-corrected chi connectivity index (χ4v) is 2.36. The Hall–Kier alpha value is -1.53. The van der Waals surface area contributed by atoms with E-state index in [9.17, 15) is 0 Å². The van der Waals surface area contributed by atoms with Crippen LogP contribution in [-0.4, -0.2) is 28.0 Å². The van der Waals surface area contributed by atoms with Crippen LogP contribution in [0.5, 0.6) is 0 Å². The summed E-state index contributed by atoms with van der Waals surface area (Å²) in [4.78, 5) is 15.3. The molecule has 2 rings (SSSR count). The minimum Gasteiger partial charge on any atom is -0.338 e. The van der Waals surface area contributed by atoms with Crippen LogP contribution in [0.15, 0.2) is 17.8 Å². The maximum absolute atomic E-state index is 4.45. The molecule has 0 aromatic carbocycles. The fraction of sp³-hybridized carbons (Fsp3) is 0.500. The molecule has 2 aromatic heterocycles. The van der Waals surface area contributed by atoms with Gasteiger partial charge in [0.15, 0.2) is 0 Å². The van der Waals surface area contributed by atoms with Gasteiger partial charge in [0.1, 0.15) is 0 Å². The predicted molar refractivity (Wildman–Crippen MR) is 83.0 cm³/mol. The third-order valence-corrected chi connectivity index (χ3v) is 3.64. The molecule has 20 heavy (non-hydrogen) atoms. The highest BCUT2D eigenvalue weighted by Gasteiger charge is 2.07. The number of hydrogen-bond acceptors (Lipinski definition) is 6. The summed E-state index contributed by atoms with van der Waals surface area (Å²) in [5, 5.41) is 6.51. The number of aromatic nitrogens is 3. The molecule has 0 saturated carbocycles. The van der Waals surface area contributed by atoms with E-state index in [0.29, 0.717) is 6.04 Å². The number of nitrogens with one attached hydrogen (secondary N) is 1. The van der Waals surface area contributed by atoms with Crippen LogP contribution in [0, 0.1) is 6.92 Å². The zero-order valence-corrected chi connectivity index (χ0v) is 13.2. The smallest absolute Gasteiger partial charge is 0.225 e. The normalized spacial score (nSPS) is 11.1. The van der Waals surface area contributed by atoms with E-state index in [1.807, 2.05) is 31.3 Å². The largest absolute Gasteiger partial charge is 0.338 e. The minimum absolute atomic E-state index is 0.463. The number of hydrogen-bond donors (Lipinski definition) is 1. The molecule has 0 radical (unpaired) electrons. The van der Waals surface area contributed by atoms with Crippen molar-refractivity contribution in [3.63, 3.8) is 0 Å². The van der Waals surface area contributed by atoms with Crippen molar-refractivity contribution in [1.29, 1.82) is 0 Å². The van der Waals surface area contributed by atoms with Crippen molar-refractivity contribution < 1.29 is 0 Å². The molecule has 2 heterocycles. The topological polar surface area (TPSA) is 53.9 Å². The van der Waals surface area contributed by atoms with Crippen LogP contribution >= 0.6 is 11.3 Å². The molecule has 108 valence electrons. The Balaban J connectivity index is 1.94. The van der Waals surface area contributed by atoms with Crippen LogP contribution in [0.4, 0.5) is 5.95 Å². The number of anilines is 1. The van der Waals surface area contributed by atoms with Crippen molar-refractivity contribution in [3.8, 4) is 0 Å². The van der Waals surface area contributed by atoms with Crippen LogP contribution in [0.25, 0.3) is 0 Å². The molecule has 0 aliphatic heterocycles. The maximum Gasteiger partial charge on any atom is 0.225 e. The zero-order chi connectivity index (χ0) is 14.5. The molecule has 0 amide bonds. The van der Waals surface area contributed by atoms with E-state index in [4.69, 9.17) is 0 Å². The summed E-state index contributed by atoms with van der Waals surface area (Å²) in [6.45, 7) is 7.79. The van der Waals surface area contributed by atoms with E-state index >= 15 is 0 Å². The maximum atomic E-state index is 4.45. The van der Waals surface area contributed by atoms with Crippen molar-refractivity contribution in [2.24, 2.45) is 0 Å². The fourth-order valence-electron chi connectivity index (χ4n) is 1.75. The SMILES string of the molecule is Cc1nc(CN(C)c2ncc(CNC(C)C)cn2)cs1. The van der Waals surface area contributed by atoms with Crippen molar-refractivity contribution in [2.45, 2.75) is 39.9 Å². The summed E-state index contributed by atoms with van der Waals surface area (Å²) in [5.41, 5.74) is 2.16. The van der Waals surface area contributed by atoms with Crippen LogP contribution in [-0.2, 0) is 13.1 Å². The number of rotatable bonds is 6. The zero-order valence-electron chi connectivity index (χ0n) is 12.4. The molecule has 0 bridgehead atoms. The summed E-state index contributed by atoms with van der Waals surface area (Å²) in [7, 11) is 1.98. The average molecular weight is 291 g/mol. The Morgan fingerprint density at radius 1 is 1.30 bits per heavy atom. The third-order valence-electron chi connectivity index (χ3n) is 2.81. The molecule has 1 N–H and O–H groups in total. The van der Waals surface area contributed by atoms with Crippen LogP contribution in [0.1, 0.15) is 30.1 Å². The van der Waals surface area contributed by atoms with Gasteiger partial charge in [0.25, 0.3) is 0 Å². The molecule has 2 aromatic rings. The van der Waals surface area contributed by atoms with Gasteiger partial charge in [-0.25, -0.2) is 15.0 Å². The van der Waals surface area contributed by atoms with Gasteiger partial charge < -0.3 is 10.2 Å². The predicted octanol–water partition coefficient (Wildman–Crippen LogP) is 2.38. The second-order valence-electron chi connectivity index (χ2n) is 5.14. The van der Waals surface area contributed by atoms with Crippen molar-refractivity contribution in [1.82, 2.24) is 20.3 Å². The Morgan fingerprint density at radius 3 is 2.55 bits per heavy atom. The molecule has 0 spiro atoms. The first-order valence-corrected chi connectivity index (χ1v) is 7.59. The standard InChI is InChI=1S/C14H21N5S/c1-10(2)15-5-12-6-16-14(17-7-12)19(4)8-13-9-20-11(3)18-13/h6-7,9-10,15H,5,8H2,1-4H3. The molecule has 0 saturated heterocycles. The van der Waals surface area contributed by atoms with Crippen molar-refractivity contribution in [2.75, 3.05) is 11.9 Å². The summed E-state index contributed by atoms with van der Waals surface area (Å²) in [6, 6.07) is 0.463. The minimum atomic E-state index is 0.463. The number of thiazole rings is 1. The van der Waals surface area contributed by atoms with Crippen molar-refractivity contribution >= 4 is 17.3 Å². The lowest BCUT2D eigenvalue weighted by atomic mass is 10.3. The highest BCUT2D eigenvalue weighted by Crippen LogP contribution is 2.13. The van der Waals surface area contributed by atoms with Crippen LogP contribution in [0.2, 0.25) is 0 Å². The van der Waals surface area contributed by atoms with Gasteiger partial charge >= 0.3 is 0 Å². The van der Waals surface area contributed by atoms with Crippen molar-refractivity contribution in [3.05, 3.63) is 34.0 Å². The van der Waals surface area contributed by atoms with Gasteiger partial charge in [-0.1, -0.05) is 13.8 Å². The summed E-state index contributed by atoms with van der Waals surface area (Å²) < 4.78 is 0. The third kappa shape index (κ3) is 4.25. The lowest BCUT2D eigenvalue weighted by molar-refractivity contribution is 0.586. The molecule has 0 atom stereocenters. The quantitative estimate of drug-likeness (QED) is 0.885. The summed E-state index contributed by atoms with van der Waals surface area (Å²) in [5.74, 6) is 0.726. The van der Waals surface area contributed by atoms with Gasteiger partial charge in [-0.05, 0) is 6.92 Å². The summed E-state index contributed by atoms with van der Waals surface area (Å²) in [6.07, 6.45) is 3.75. The first kappa shape index (κ1) is 14.9. The first-order valence-electron chi connectivity index (χ1n) is 6.71. The molecular formula is C14H21N5S. The highest BCUT2D eigenvalue weighted by molar-refractivity contribution is 7.09. The lowest BCUT2D eigenvalue weighted by Crippen LogP contribution is -2.23. The van der Waals surface area contributed by atoms with Gasteiger partial charge in [0.2, 0.25) is 5.95 Å². The molecule has 5 nitrogen and oxygen atoms in total. The van der Waals surface area contributed by atoms with Gasteiger partial charge in [-0.15, -0.1) is 11.3 Å². The molecule has 0 aliphatic rings. The second-order valence-corrected chi connectivity index (χ2v) is 6.20. The monoisotopic (exact) mass is 291 g/mol. The Bertz CT molecular complexity index is 535. The van der Waals surface area contributed by atoms with Crippen LogP contribution < -0.4 is 10.2 Å². The van der Waals surface area contributed by atoms with Gasteiger partial charge in [-0.2, -0.15) is 0 Å².